The topological polar surface area (TPSA) is 66.0 Å². The molecular formula is C22H36N4O2. The van der Waals surface area contributed by atoms with E-state index < -0.39 is 5.60 Å². The van der Waals surface area contributed by atoms with Crippen molar-refractivity contribution >= 4 is 11.9 Å². The average Bonchev–Trinajstić information content (AvgIpc) is 2.65. The van der Waals surface area contributed by atoms with Crippen LogP contribution >= 0.6 is 0 Å². The molecule has 2 rings (SSSR count). The molecule has 6 heteroatoms. The molecule has 6 nitrogen and oxygen atoms in total. The van der Waals surface area contributed by atoms with Crippen LogP contribution in [0, 0.1) is 0 Å². The first-order chi connectivity index (χ1) is 13.4. The van der Waals surface area contributed by atoms with Gasteiger partial charge in [-0.25, -0.2) is 4.99 Å². The first-order valence-electron chi connectivity index (χ1n) is 10.4. The van der Waals surface area contributed by atoms with Crippen LogP contribution in [0.25, 0.3) is 0 Å². The van der Waals surface area contributed by atoms with Crippen molar-refractivity contribution in [1.29, 1.82) is 0 Å². The molecule has 0 atom stereocenters. The van der Waals surface area contributed by atoms with Crippen molar-refractivity contribution < 1.29 is 9.53 Å². The highest BCUT2D eigenvalue weighted by molar-refractivity contribution is 5.84. The van der Waals surface area contributed by atoms with Crippen molar-refractivity contribution in [2.24, 2.45) is 4.99 Å². The molecule has 0 aliphatic carbocycles. The number of aliphatic imine (C=N–C) groups is 1. The highest BCUT2D eigenvalue weighted by atomic mass is 16.6. The molecule has 1 heterocycles. The number of carbonyl (C=O) groups excluding carboxylic acids is 1. The molecule has 0 bridgehead atoms. The monoisotopic (exact) mass is 388 g/mol. The lowest BCUT2D eigenvalue weighted by Crippen LogP contribution is -2.41. The number of carbonyl (C=O) groups is 1. The van der Waals surface area contributed by atoms with Crippen LogP contribution in [0.2, 0.25) is 0 Å². The van der Waals surface area contributed by atoms with E-state index in [0.29, 0.717) is 12.5 Å². The lowest BCUT2D eigenvalue weighted by molar-refractivity contribution is -0.153. The summed E-state index contributed by atoms with van der Waals surface area (Å²) in [4.78, 5) is 19.0. The fourth-order valence-electron chi connectivity index (χ4n) is 3.17. The first-order valence-corrected chi connectivity index (χ1v) is 10.4. The second-order valence-corrected chi connectivity index (χ2v) is 8.29. The molecule has 0 amide bonds. The van der Waals surface area contributed by atoms with Gasteiger partial charge in [0.25, 0.3) is 0 Å². The van der Waals surface area contributed by atoms with Crippen LogP contribution in [0.3, 0.4) is 0 Å². The minimum absolute atomic E-state index is 0.0951. The zero-order chi connectivity index (χ0) is 20.4. The summed E-state index contributed by atoms with van der Waals surface area (Å²) in [5.74, 6) is 0.325. The highest BCUT2D eigenvalue weighted by Crippen LogP contribution is 2.14. The third-order valence-electron chi connectivity index (χ3n) is 4.46. The fraction of sp³-hybridized carbons (Fsp3) is 0.636. The van der Waals surface area contributed by atoms with Crippen molar-refractivity contribution in [3.8, 4) is 0 Å². The van der Waals surface area contributed by atoms with Crippen LogP contribution in [0.4, 0.5) is 0 Å². The van der Waals surface area contributed by atoms with Gasteiger partial charge in [-0.3, -0.25) is 9.69 Å². The van der Waals surface area contributed by atoms with Gasteiger partial charge in [0.15, 0.2) is 5.96 Å². The van der Waals surface area contributed by atoms with E-state index in [1.54, 1.807) is 0 Å². The summed E-state index contributed by atoms with van der Waals surface area (Å²) in [6.45, 7) is 12.4. The number of rotatable bonds is 7. The Hall–Kier alpha value is -2.08. The second kappa shape index (κ2) is 11.1. The summed E-state index contributed by atoms with van der Waals surface area (Å²) in [6, 6.07) is 8.67. The molecule has 0 spiro atoms. The van der Waals surface area contributed by atoms with Gasteiger partial charge in [-0.2, -0.15) is 0 Å². The number of esters is 1. The number of piperidine rings is 1. The number of guanidine groups is 1. The number of hydrogen-bond donors (Lipinski definition) is 2. The van der Waals surface area contributed by atoms with E-state index in [2.05, 4.69) is 44.8 Å². The van der Waals surface area contributed by atoms with Gasteiger partial charge in [0.05, 0.1) is 6.54 Å². The number of hydrogen-bond acceptors (Lipinski definition) is 4. The Morgan fingerprint density at radius 3 is 2.32 bits per heavy atom. The molecular weight excluding hydrogens is 352 g/mol. The Bertz CT molecular complexity index is 629. The summed E-state index contributed by atoms with van der Waals surface area (Å²) in [5, 5.41) is 6.20. The number of ether oxygens (including phenoxy) is 1. The maximum Gasteiger partial charge on any atom is 0.325 e. The van der Waals surface area contributed by atoms with Gasteiger partial charge in [0, 0.05) is 13.1 Å². The van der Waals surface area contributed by atoms with E-state index >= 15 is 0 Å². The van der Waals surface area contributed by atoms with Gasteiger partial charge in [0.2, 0.25) is 0 Å². The molecule has 1 saturated heterocycles. The third-order valence-corrected chi connectivity index (χ3v) is 4.46. The van der Waals surface area contributed by atoms with Gasteiger partial charge in [0.1, 0.15) is 12.1 Å². The quantitative estimate of drug-likeness (QED) is 0.427. The molecule has 1 aliphatic heterocycles. The minimum atomic E-state index is -0.482. The normalized spacial score (nSPS) is 15.9. The Morgan fingerprint density at radius 1 is 1.07 bits per heavy atom. The first kappa shape index (κ1) is 22.2. The predicted molar refractivity (Wildman–Crippen MR) is 114 cm³/mol. The SMILES string of the molecule is CCNC(=NCc1ccc(CN2CCCCC2)cc1)NCC(=O)OC(C)(C)C. The van der Waals surface area contributed by atoms with Crippen LogP contribution in [-0.4, -0.2) is 48.6 Å². The fourth-order valence-corrected chi connectivity index (χ4v) is 3.17. The van der Waals surface area contributed by atoms with Crippen molar-refractivity contribution in [1.82, 2.24) is 15.5 Å². The van der Waals surface area contributed by atoms with Gasteiger partial charge >= 0.3 is 5.97 Å². The largest absolute Gasteiger partial charge is 0.459 e. The summed E-state index contributed by atoms with van der Waals surface area (Å²) < 4.78 is 5.32. The van der Waals surface area contributed by atoms with Crippen LogP contribution in [0.15, 0.2) is 29.3 Å². The van der Waals surface area contributed by atoms with Crippen LogP contribution in [-0.2, 0) is 22.6 Å². The van der Waals surface area contributed by atoms with Crippen LogP contribution in [0.5, 0.6) is 0 Å². The molecule has 0 unspecified atom stereocenters. The summed E-state index contributed by atoms with van der Waals surface area (Å²) in [5.41, 5.74) is 2.02. The van der Waals surface area contributed by atoms with Crippen LogP contribution < -0.4 is 10.6 Å². The number of nitrogens with one attached hydrogen (secondary N) is 2. The number of nitrogens with zero attached hydrogens (tertiary/aromatic N) is 2. The van der Waals surface area contributed by atoms with Gasteiger partial charge in [-0.15, -0.1) is 0 Å². The number of likely N-dealkylation sites (tertiary alicyclic amines) is 1. The van der Waals surface area contributed by atoms with E-state index in [4.69, 9.17) is 4.74 Å². The molecule has 0 aromatic heterocycles. The molecule has 156 valence electrons. The zero-order valence-electron chi connectivity index (χ0n) is 17.9. The molecule has 0 saturated carbocycles. The molecule has 1 aromatic carbocycles. The summed E-state index contributed by atoms with van der Waals surface area (Å²) >= 11 is 0. The Labute approximate surface area is 169 Å². The molecule has 1 fully saturated rings. The summed E-state index contributed by atoms with van der Waals surface area (Å²) in [7, 11) is 0. The van der Waals surface area contributed by atoms with Gasteiger partial charge in [-0.1, -0.05) is 30.7 Å². The van der Waals surface area contributed by atoms with Crippen LogP contribution in [0.1, 0.15) is 58.1 Å². The Morgan fingerprint density at radius 2 is 1.71 bits per heavy atom. The van der Waals surface area contributed by atoms with Crippen molar-refractivity contribution in [2.45, 2.75) is 65.6 Å². The lowest BCUT2D eigenvalue weighted by Gasteiger charge is -2.26. The van der Waals surface area contributed by atoms with E-state index in [1.165, 1.54) is 37.9 Å². The zero-order valence-corrected chi connectivity index (χ0v) is 17.9. The second-order valence-electron chi connectivity index (χ2n) is 8.29. The van der Waals surface area contributed by atoms with Crippen molar-refractivity contribution in [3.63, 3.8) is 0 Å². The third kappa shape index (κ3) is 8.74. The molecule has 0 radical (unpaired) electrons. The van der Waals surface area contributed by atoms with Crippen molar-refractivity contribution in [2.75, 3.05) is 26.2 Å². The van der Waals surface area contributed by atoms with E-state index in [1.807, 2.05) is 27.7 Å². The molecule has 2 N–H and O–H groups in total. The van der Waals surface area contributed by atoms with Gasteiger partial charge < -0.3 is 15.4 Å². The van der Waals surface area contributed by atoms with E-state index in [-0.39, 0.29) is 12.5 Å². The van der Waals surface area contributed by atoms with Crippen molar-refractivity contribution in [3.05, 3.63) is 35.4 Å². The Balaban J connectivity index is 1.84. The summed E-state index contributed by atoms with van der Waals surface area (Å²) in [6.07, 6.45) is 4.00. The average molecular weight is 389 g/mol. The molecule has 28 heavy (non-hydrogen) atoms. The molecule has 1 aliphatic rings. The Kier molecular flexibility index (Phi) is 8.77. The number of benzene rings is 1. The predicted octanol–water partition coefficient (Wildman–Crippen LogP) is 3.07. The smallest absolute Gasteiger partial charge is 0.325 e. The highest BCUT2D eigenvalue weighted by Gasteiger charge is 2.16. The van der Waals surface area contributed by atoms with Gasteiger partial charge in [-0.05, 0) is 64.8 Å². The van der Waals surface area contributed by atoms with E-state index in [9.17, 15) is 4.79 Å². The maximum atomic E-state index is 11.9. The molecule has 1 aromatic rings. The van der Waals surface area contributed by atoms with E-state index in [0.717, 1.165) is 18.7 Å². The standard InChI is InChI=1S/C22H36N4O2/c1-5-23-21(25-16-20(27)28-22(2,3)4)24-15-18-9-11-19(12-10-18)17-26-13-7-6-8-14-26/h9-12H,5-8,13-17H2,1-4H3,(H2,23,24,25). The lowest BCUT2D eigenvalue weighted by atomic mass is 10.1. The minimum Gasteiger partial charge on any atom is -0.459 e. The maximum absolute atomic E-state index is 11.9.